The van der Waals surface area contributed by atoms with Crippen molar-refractivity contribution in [3.05, 3.63) is 11.2 Å². The number of aromatic nitrogens is 2. The van der Waals surface area contributed by atoms with Crippen molar-refractivity contribution in [1.82, 2.24) is 15.3 Å². The predicted octanol–water partition coefficient (Wildman–Crippen LogP) is 2.29. The molecule has 4 nitrogen and oxygen atoms in total. The van der Waals surface area contributed by atoms with Gasteiger partial charge in [-0.3, -0.25) is 0 Å². The summed E-state index contributed by atoms with van der Waals surface area (Å²) in [4.78, 5) is 10.8. The molecule has 0 saturated carbocycles. The maximum Gasteiger partial charge on any atom is 0.190 e. The van der Waals surface area contributed by atoms with Crippen molar-refractivity contribution in [2.45, 2.75) is 18.0 Å². The van der Waals surface area contributed by atoms with Crippen LogP contribution in [0, 0.1) is 5.92 Å². The van der Waals surface area contributed by atoms with Crippen LogP contribution in [0.4, 0.5) is 5.82 Å². The summed E-state index contributed by atoms with van der Waals surface area (Å²) in [6.45, 7) is 3.25. The number of halogens is 1. The van der Waals surface area contributed by atoms with Crippen molar-refractivity contribution in [3.63, 3.8) is 0 Å². The predicted molar refractivity (Wildman–Crippen MR) is 77.7 cm³/mol. The summed E-state index contributed by atoms with van der Waals surface area (Å²) in [6.07, 6.45) is 4.51. The Labute approximate surface area is 118 Å². The molecule has 1 aliphatic rings. The molecule has 100 valence electrons. The van der Waals surface area contributed by atoms with Gasteiger partial charge >= 0.3 is 0 Å². The van der Waals surface area contributed by atoms with E-state index in [0.717, 1.165) is 30.6 Å². The maximum atomic E-state index is 6.01. The maximum absolute atomic E-state index is 6.01. The fourth-order valence-corrected chi connectivity index (χ4v) is 2.84. The van der Waals surface area contributed by atoms with Crippen LogP contribution in [0.1, 0.15) is 12.8 Å². The zero-order valence-electron chi connectivity index (χ0n) is 10.8. The lowest BCUT2D eigenvalue weighted by Gasteiger charge is -2.28. The van der Waals surface area contributed by atoms with Crippen LogP contribution < -0.4 is 10.2 Å². The van der Waals surface area contributed by atoms with Gasteiger partial charge in [0.2, 0.25) is 0 Å². The van der Waals surface area contributed by atoms with Gasteiger partial charge in [0, 0.05) is 19.7 Å². The summed E-state index contributed by atoms with van der Waals surface area (Å²) in [7, 11) is 2.07. The van der Waals surface area contributed by atoms with E-state index in [0.29, 0.717) is 11.1 Å². The number of hydrogen-bond acceptors (Lipinski definition) is 5. The highest BCUT2D eigenvalue weighted by Crippen LogP contribution is 2.21. The molecule has 6 heteroatoms. The zero-order chi connectivity index (χ0) is 13.0. The lowest BCUT2D eigenvalue weighted by Crippen LogP contribution is -2.37. The monoisotopic (exact) mass is 286 g/mol. The Balaban J connectivity index is 2.02. The van der Waals surface area contributed by atoms with Crippen molar-refractivity contribution in [1.29, 1.82) is 0 Å². The standard InChI is InChI=1S/C12H19ClN4S/c1-17(8-9-4-3-5-14-7-9)11-6-10(13)15-12(16-11)18-2/h6,9,14H,3-5,7-8H2,1-2H3. The molecule has 1 fully saturated rings. The van der Waals surface area contributed by atoms with Crippen molar-refractivity contribution in [3.8, 4) is 0 Å². The van der Waals surface area contributed by atoms with Gasteiger partial charge in [-0.1, -0.05) is 23.4 Å². The largest absolute Gasteiger partial charge is 0.359 e. The van der Waals surface area contributed by atoms with Gasteiger partial charge in [0.25, 0.3) is 0 Å². The molecule has 1 N–H and O–H groups in total. The van der Waals surface area contributed by atoms with Crippen LogP contribution in [0.2, 0.25) is 5.15 Å². The number of rotatable bonds is 4. The molecule has 1 atom stereocenters. The molecule has 0 bridgehead atoms. The molecule has 18 heavy (non-hydrogen) atoms. The van der Waals surface area contributed by atoms with Gasteiger partial charge in [-0.2, -0.15) is 0 Å². The molecule has 2 heterocycles. The molecule has 1 aromatic heterocycles. The minimum absolute atomic E-state index is 0.512. The van der Waals surface area contributed by atoms with E-state index in [1.54, 1.807) is 0 Å². The normalized spacial score (nSPS) is 19.8. The molecule has 1 aliphatic heterocycles. The van der Waals surface area contributed by atoms with Crippen molar-refractivity contribution < 1.29 is 0 Å². The molecular weight excluding hydrogens is 268 g/mol. The smallest absolute Gasteiger partial charge is 0.190 e. The fourth-order valence-electron chi connectivity index (χ4n) is 2.23. The van der Waals surface area contributed by atoms with E-state index in [2.05, 4.69) is 27.2 Å². The summed E-state index contributed by atoms with van der Waals surface area (Å²) in [6, 6.07) is 1.83. The molecule has 1 unspecified atom stereocenters. The Morgan fingerprint density at radius 2 is 2.39 bits per heavy atom. The summed E-state index contributed by atoms with van der Waals surface area (Å²) in [5, 5.41) is 4.68. The number of nitrogens with one attached hydrogen (secondary N) is 1. The highest BCUT2D eigenvalue weighted by molar-refractivity contribution is 7.98. The van der Waals surface area contributed by atoms with Gasteiger partial charge in [0.15, 0.2) is 5.16 Å². The summed E-state index contributed by atoms with van der Waals surface area (Å²) in [5.74, 6) is 1.60. The molecule has 1 saturated heterocycles. The van der Waals surface area contributed by atoms with Crippen LogP contribution in [0.5, 0.6) is 0 Å². The summed E-state index contributed by atoms with van der Waals surface area (Å²) >= 11 is 7.53. The minimum atomic E-state index is 0.512. The summed E-state index contributed by atoms with van der Waals surface area (Å²) in [5.41, 5.74) is 0. The second-order valence-corrected chi connectivity index (χ2v) is 5.79. The topological polar surface area (TPSA) is 41.1 Å². The van der Waals surface area contributed by atoms with E-state index in [9.17, 15) is 0 Å². The van der Waals surface area contributed by atoms with Gasteiger partial charge in [0.1, 0.15) is 11.0 Å². The number of anilines is 1. The Morgan fingerprint density at radius 1 is 1.56 bits per heavy atom. The Hall–Kier alpha value is -0.520. The third-order valence-corrected chi connectivity index (χ3v) is 3.91. The molecule has 1 aromatic rings. The van der Waals surface area contributed by atoms with E-state index in [4.69, 9.17) is 11.6 Å². The first-order valence-electron chi connectivity index (χ1n) is 6.19. The molecule has 0 aromatic carbocycles. The number of nitrogens with zero attached hydrogens (tertiary/aromatic N) is 3. The first kappa shape index (κ1) is 13.9. The van der Waals surface area contributed by atoms with Gasteiger partial charge < -0.3 is 10.2 Å². The molecule has 2 rings (SSSR count). The highest BCUT2D eigenvalue weighted by Gasteiger charge is 2.16. The molecule has 0 aliphatic carbocycles. The third-order valence-electron chi connectivity index (χ3n) is 3.17. The van der Waals surface area contributed by atoms with Crippen LogP contribution >= 0.6 is 23.4 Å². The van der Waals surface area contributed by atoms with E-state index >= 15 is 0 Å². The average Bonchev–Trinajstić information content (AvgIpc) is 2.39. The van der Waals surface area contributed by atoms with Gasteiger partial charge in [-0.25, -0.2) is 9.97 Å². The molecular formula is C12H19ClN4S. The Kier molecular flexibility index (Phi) is 5.09. The molecule has 0 spiro atoms. The number of piperidine rings is 1. The summed E-state index contributed by atoms with van der Waals surface area (Å²) < 4.78 is 0. The van der Waals surface area contributed by atoms with Gasteiger partial charge in [-0.05, 0) is 38.1 Å². The van der Waals surface area contributed by atoms with Crippen LogP contribution in [0.15, 0.2) is 11.2 Å². The fraction of sp³-hybridized carbons (Fsp3) is 0.667. The first-order chi connectivity index (χ1) is 8.69. The van der Waals surface area contributed by atoms with Gasteiger partial charge in [-0.15, -0.1) is 0 Å². The Bertz CT molecular complexity index is 396. The van der Waals surface area contributed by atoms with E-state index in [1.165, 1.54) is 24.6 Å². The zero-order valence-corrected chi connectivity index (χ0v) is 12.4. The van der Waals surface area contributed by atoms with E-state index in [-0.39, 0.29) is 0 Å². The highest BCUT2D eigenvalue weighted by atomic mass is 35.5. The van der Waals surface area contributed by atoms with Crippen molar-refractivity contribution >= 4 is 29.2 Å². The number of thioether (sulfide) groups is 1. The third kappa shape index (κ3) is 3.73. The van der Waals surface area contributed by atoms with E-state index < -0.39 is 0 Å². The average molecular weight is 287 g/mol. The second-order valence-electron chi connectivity index (χ2n) is 4.63. The second kappa shape index (κ2) is 6.59. The Morgan fingerprint density at radius 3 is 3.06 bits per heavy atom. The van der Waals surface area contributed by atoms with Crippen LogP contribution in [0.25, 0.3) is 0 Å². The first-order valence-corrected chi connectivity index (χ1v) is 7.79. The lowest BCUT2D eigenvalue weighted by molar-refractivity contribution is 0.380. The minimum Gasteiger partial charge on any atom is -0.359 e. The SMILES string of the molecule is CSc1nc(Cl)cc(N(C)CC2CCCNC2)n1. The van der Waals surface area contributed by atoms with Gasteiger partial charge in [0.05, 0.1) is 0 Å². The molecule has 0 radical (unpaired) electrons. The van der Waals surface area contributed by atoms with Crippen molar-refractivity contribution in [2.75, 3.05) is 37.8 Å². The van der Waals surface area contributed by atoms with Crippen LogP contribution in [-0.4, -0.2) is 42.9 Å². The molecule has 0 amide bonds. The van der Waals surface area contributed by atoms with E-state index in [1.807, 2.05) is 12.3 Å². The van der Waals surface area contributed by atoms with Crippen molar-refractivity contribution in [2.24, 2.45) is 5.92 Å². The quantitative estimate of drug-likeness (QED) is 0.522. The van der Waals surface area contributed by atoms with Crippen LogP contribution in [0.3, 0.4) is 0 Å². The van der Waals surface area contributed by atoms with Crippen LogP contribution in [-0.2, 0) is 0 Å². The number of hydrogen-bond donors (Lipinski definition) is 1. The lowest BCUT2D eigenvalue weighted by atomic mass is 9.99.